The molecule has 0 aliphatic heterocycles. The Bertz CT molecular complexity index is 609. The third kappa shape index (κ3) is 2.83. The summed E-state index contributed by atoms with van der Waals surface area (Å²) < 4.78 is 13.2. The molecule has 0 atom stereocenters. The van der Waals surface area contributed by atoms with Crippen LogP contribution in [0.15, 0.2) is 35.1 Å². The van der Waals surface area contributed by atoms with E-state index in [0.29, 0.717) is 0 Å². The molecule has 1 N–H and O–H groups in total. The maximum Gasteiger partial charge on any atom is 0.256 e. The maximum atomic E-state index is 13.0. The SMILES string of the molecule is O=C(Nc1nccnc1Cl)c1ccc(F)c(Br)c1. The van der Waals surface area contributed by atoms with Crippen LogP contribution in [0, 0.1) is 5.82 Å². The summed E-state index contributed by atoms with van der Waals surface area (Å²) in [5.74, 6) is -0.730. The fourth-order valence-electron chi connectivity index (χ4n) is 1.22. The molecule has 1 aromatic heterocycles. The summed E-state index contributed by atoms with van der Waals surface area (Å²) in [6.07, 6.45) is 2.81. The second kappa shape index (κ2) is 5.41. The Kier molecular flexibility index (Phi) is 3.88. The van der Waals surface area contributed by atoms with Gasteiger partial charge in [0.15, 0.2) is 11.0 Å². The molecule has 18 heavy (non-hydrogen) atoms. The molecule has 7 heteroatoms. The topological polar surface area (TPSA) is 54.9 Å². The van der Waals surface area contributed by atoms with Gasteiger partial charge in [0.25, 0.3) is 5.91 Å². The van der Waals surface area contributed by atoms with Crippen LogP contribution in [0.3, 0.4) is 0 Å². The van der Waals surface area contributed by atoms with Gasteiger partial charge in [-0.2, -0.15) is 0 Å². The van der Waals surface area contributed by atoms with Crippen molar-refractivity contribution in [1.29, 1.82) is 0 Å². The van der Waals surface area contributed by atoms with Crippen LogP contribution in [0.4, 0.5) is 10.2 Å². The highest BCUT2D eigenvalue weighted by Gasteiger charge is 2.11. The van der Waals surface area contributed by atoms with E-state index >= 15 is 0 Å². The predicted molar refractivity (Wildman–Crippen MR) is 69.1 cm³/mol. The Hall–Kier alpha value is -1.53. The number of benzene rings is 1. The molecule has 92 valence electrons. The van der Waals surface area contributed by atoms with Gasteiger partial charge in [-0.05, 0) is 34.1 Å². The van der Waals surface area contributed by atoms with Crippen molar-refractivity contribution in [3.8, 4) is 0 Å². The number of hydrogen-bond donors (Lipinski definition) is 1. The molecular formula is C11H6BrClFN3O. The van der Waals surface area contributed by atoms with Gasteiger partial charge in [0.1, 0.15) is 5.82 Å². The Balaban J connectivity index is 2.22. The molecule has 1 amide bonds. The van der Waals surface area contributed by atoms with E-state index in [9.17, 15) is 9.18 Å². The first kappa shape index (κ1) is 12.9. The van der Waals surface area contributed by atoms with Crippen molar-refractivity contribution in [2.75, 3.05) is 5.32 Å². The van der Waals surface area contributed by atoms with E-state index in [1.807, 2.05) is 0 Å². The van der Waals surface area contributed by atoms with E-state index in [4.69, 9.17) is 11.6 Å². The summed E-state index contributed by atoms with van der Waals surface area (Å²) in [4.78, 5) is 19.5. The number of aromatic nitrogens is 2. The second-order valence-electron chi connectivity index (χ2n) is 3.28. The minimum absolute atomic E-state index is 0.0898. The quantitative estimate of drug-likeness (QED) is 0.919. The van der Waals surface area contributed by atoms with Crippen LogP contribution >= 0.6 is 27.5 Å². The van der Waals surface area contributed by atoms with Crippen LogP contribution in [0.25, 0.3) is 0 Å². The van der Waals surface area contributed by atoms with Gasteiger partial charge in [0.2, 0.25) is 0 Å². The van der Waals surface area contributed by atoms with Crippen molar-refractivity contribution in [3.05, 3.63) is 51.6 Å². The van der Waals surface area contributed by atoms with Crippen LogP contribution in [0.1, 0.15) is 10.4 Å². The number of rotatable bonds is 2. The van der Waals surface area contributed by atoms with Crippen molar-refractivity contribution >= 4 is 39.3 Å². The Morgan fingerprint density at radius 3 is 2.72 bits per heavy atom. The molecule has 0 saturated carbocycles. The highest BCUT2D eigenvalue weighted by atomic mass is 79.9. The van der Waals surface area contributed by atoms with Crippen LogP contribution < -0.4 is 5.32 Å². The molecule has 0 radical (unpaired) electrons. The molecule has 0 unspecified atom stereocenters. The molecule has 0 spiro atoms. The number of amides is 1. The molecule has 0 aliphatic rings. The van der Waals surface area contributed by atoms with Gasteiger partial charge in [-0.25, -0.2) is 14.4 Å². The van der Waals surface area contributed by atoms with E-state index in [1.165, 1.54) is 30.6 Å². The van der Waals surface area contributed by atoms with Crippen LogP contribution in [-0.2, 0) is 0 Å². The summed E-state index contributed by atoms with van der Waals surface area (Å²) >= 11 is 8.76. The van der Waals surface area contributed by atoms with Crippen molar-refractivity contribution in [3.63, 3.8) is 0 Å². The van der Waals surface area contributed by atoms with Crippen molar-refractivity contribution in [2.45, 2.75) is 0 Å². The second-order valence-corrected chi connectivity index (χ2v) is 4.49. The van der Waals surface area contributed by atoms with Crippen molar-refractivity contribution in [2.24, 2.45) is 0 Å². The molecule has 4 nitrogen and oxygen atoms in total. The first-order chi connectivity index (χ1) is 8.58. The highest BCUT2D eigenvalue weighted by molar-refractivity contribution is 9.10. The number of anilines is 1. The lowest BCUT2D eigenvalue weighted by atomic mass is 10.2. The zero-order valence-corrected chi connectivity index (χ0v) is 11.2. The molecule has 0 fully saturated rings. The van der Waals surface area contributed by atoms with Gasteiger partial charge in [0.05, 0.1) is 4.47 Å². The summed E-state index contributed by atoms with van der Waals surface area (Å²) in [6.45, 7) is 0. The molecule has 0 aliphatic carbocycles. The predicted octanol–water partition coefficient (Wildman–Crippen LogP) is 3.28. The average molecular weight is 331 g/mol. The standard InChI is InChI=1S/C11H6BrClFN3O/c12-7-5-6(1-2-8(7)14)11(18)17-10-9(13)15-3-4-16-10/h1-5H,(H,16,17,18). The fourth-order valence-corrected chi connectivity index (χ4v) is 1.75. The van der Waals surface area contributed by atoms with Gasteiger partial charge in [-0.1, -0.05) is 11.6 Å². The lowest BCUT2D eigenvalue weighted by molar-refractivity contribution is 0.102. The fraction of sp³-hybridized carbons (Fsp3) is 0. The normalized spacial score (nSPS) is 10.2. The Morgan fingerprint density at radius 2 is 2.06 bits per heavy atom. The lowest BCUT2D eigenvalue weighted by Gasteiger charge is -2.05. The smallest absolute Gasteiger partial charge is 0.256 e. The largest absolute Gasteiger partial charge is 0.304 e. The van der Waals surface area contributed by atoms with Crippen LogP contribution in [-0.4, -0.2) is 15.9 Å². The number of carbonyl (C=O) groups excluding carboxylic acids is 1. The van der Waals surface area contributed by atoms with E-state index in [0.717, 1.165) is 0 Å². The van der Waals surface area contributed by atoms with Gasteiger partial charge >= 0.3 is 0 Å². The Labute approximate surface area is 115 Å². The molecule has 0 saturated heterocycles. The lowest BCUT2D eigenvalue weighted by Crippen LogP contribution is -2.13. The third-order valence-electron chi connectivity index (χ3n) is 2.07. The molecule has 2 aromatic rings. The number of hydrogen-bond acceptors (Lipinski definition) is 3. The van der Waals surface area contributed by atoms with Gasteiger partial charge < -0.3 is 5.32 Å². The first-order valence-electron chi connectivity index (χ1n) is 4.81. The van der Waals surface area contributed by atoms with Gasteiger partial charge in [0, 0.05) is 18.0 Å². The minimum atomic E-state index is -0.446. The zero-order valence-electron chi connectivity index (χ0n) is 8.82. The molecule has 2 rings (SSSR count). The third-order valence-corrected chi connectivity index (χ3v) is 2.95. The summed E-state index contributed by atoms with van der Waals surface area (Å²) in [7, 11) is 0. The summed E-state index contributed by atoms with van der Waals surface area (Å²) in [5, 5.41) is 2.58. The van der Waals surface area contributed by atoms with Crippen LogP contribution in [0.5, 0.6) is 0 Å². The molecule has 1 aromatic carbocycles. The molecular weight excluding hydrogens is 324 g/mol. The summed E-state index contributed by atoms with van der Waals surface area (Å²) in [6, 6.07) is 3.92. The summed E-state index contributed by atoms with van der Waals surface area (Å²) in [5.41, 5.74) is 0.282. The van der Waals surface area contributed by atoms with E-state index in [1.54, 1.807) is 0 Å². The van der Waals surface area contributed by atoms with Crippen molar-refractivity contribution < 1.29 is 9.18 Å². The molecule has 1 heterocycles. The number of nitrogens with one attached hydrogen (secondary N) is 1. The Morgan fingerprint density at radius 1 is 1.33 bits per heavy atom. The number of carbonyl (C=O) groups is 1. The minimum Gasteiger partial charge on any atom is -0.304 e. The van der Waals surface area contributed by atoms with E-state index in [2.05, 4.69) is 31.2 Å². The van der Waals surface area contributed by atoms with E-state index in [-0.39, 0.29) is 21.0 Å². The molecule has 0 bridgehead atoms. The van der Waals surface area contributed by atoms with E-state index < -0.39 is 11.7 Å². The highest BCUT2D eigenvalue weighted by Crippen LogP contribution is 2.19. The first-order valence-corrected chi connectivity index (χ1v) is 5.98. The zero-order chi connectivity index (χ0) is 13.1. The monoisotopic (exact) mass is 329 g/mol. The average Bonchev–Trinajstić information content (AvgIpc) is 2.35. The van der Waals surface area contributed by atoms with Gasteiger partial charge in [-0.3, -0.25) is 4.79 Å². The van der Waals surface area contributed by atoms with Crippen LogP contribution in [0.2, 0.25) is 5.15 Å². The number of halogens is 3. The number of nitrogens with zero attached hydrogens (tertiary/aromatic N) is 2. The van der Waals surface area contributed by atoms with Gasteiger partial charge in [-0.15, -0.1) is 0 Å². The maximum absolute atomic E-state index is 13.0. The van der Waals surface area contributed by atoms with Crippen molar-refractivity contribution in [1.82, 2.24) is 9.97 Å².